The van der Waals surface area contributed by atoms with E-state index in [9.17, 15) is 13.2 Å². The molecule has 3 aromatic carbocycles. The van der Waals surface area contributed by atoms with Crippen LogP contribution in [0.1, 0.15) is 50.3 Å². The van der Waals surface area contributed by atoms with Crippen LogP contribution in [-0.4, -0.2) is 26.5 Å². The second kappa shape index (κ2) is 10.1. The molecule has 0 bridgehead atoms. The summed E-state index contributed by atoms with van der Waals surface area (Å²) >= 11 is 0. The molecule has 0 aromatic heterocycles. The zero-order valence-electron chi connectivity index (χ0n) is 20.4. The van der Waals surface area contributed by atoms with Crippen molar-refractivity contribution in [1.29, 1.82) is 0 Å². The Labute approximate surface area is 208 Å². The zero-order valence-corrected chi connectivity index (χ0v) is 21.2. The Kier molecular flexibility index (Phi) is 7.17. The molecule has 1 amide bonds. The second-order valence-corrected chi connectivity index (χ2v) is 10.8. The molecule has 1 atom stereocenters. The fourth-order valence-corrected chi connectivity index (χ4v) is 6.17. The van der Waals surface area contributed by atoms with Crippen LogP contribution >= 0.6 is 0 Å². The highest BCUT2D eigenvalue weighted by Gasteiger charge is 2.39. The number of hydrogen-bond donors (Lipinski definition) is 1. The van der Waals surface area contributed by atoms with Crippen LogP contribution in [0.5, 0.6) is 5.75 Å². The number of hydrogen-bond acceptors (Lipinski definition) is 4. The molecule has 184 valence electrons. The van der Waals surface area contributed by atoms with E-state index < -0.39 is 10.0 Å². The molecule has 0 saturated carbocycles. The molecule has 4 rings (SSSR count). The van der Waals surface area contributed by atoms with Crippen LogP contribution in [0, 0.1) is 6.92 Å². The lowest BCUT2D eigenvalue weighted by Crippen LogP contribution is -2.47. The number of carbonyl (C=O) groups excluding carboxylic acids is 1. The maximum Gasteiger partial charge on any atom is 0.264 e. The van der Waals surface area contributed by atoms with Gasteiger partial charge in [0.25, 0.3) is 10.0 Å². The summed E-state index contributed by atoms with van der Waals surface area (Å²) in [6.45, 7) is 5.69. The maximum absolute atomic E-state index is 13.6. The van der Waals surface area contributed by atoms with Gasteiger partial charge in [-0.05, 0) is 49.6 Å². The number of sulfonamides is 1. The summed E-state index contributed by atoms with van der Waals surface area (Å²) in [5.41, 5.74) is 1.78. The summed E-state index contributed by atoms with van der Waals surface area (Å²) in [7, 11) is -3.96. The molecule has 3 aromatic rings. The summed E-state index contributed by atoms with van der Waals surface area (Å²) in [6, 6.07) is 22.9. The molecule has 0 spiro atoms. The van der Waals surface area contributed by atoms with Gasteiger partial charge in [-0.2, -0.15) is 0 Å². The van der Waals surface area contributed by atoms with Gasteiger partial charge in [0.1, 0.15) is 17.9 Å². The molecular formula is C28H32N2O4S. The minimum absolute atomic E-state index is 0.142. The Morgan fingerprint density at radius 2 is 1.60 bits per heavy atom. The molecule has 0 unspecified atom stereocenters. The largest absolute Gasteiger partial charge is 0.487 e. The first-order chi connectivity index (χ1) is 16.8. The van der Waals surface area contributed by atoms with E-state index in [0.717, 1.165) is 29.7 Å². The average molecular weight is 493 g/mol. The predicted molar refractivity (Wildman–Crippen MR) is 138 cm³/mol. The van der Waals surface area contributed by atoms with Gasteiger partial charge in [-0.15, -0.1) is 0 Å². The van der Waals surface area contributed by atoms with Gasteiger partial charge in [0.15, 0.2) is 0 Å². The number of benzene rings is 3. The molecule has 7 heteroatoms. The lowest BCUT2D eigenvalue weighted by atomic mass is 9.83. The first kappa shape index (κ1) is 24.8. The molecule has 0 fully saturated rings. The van der Waals surface area contributed by atoms with Gasteiger partial charge in [0.2, 0.25) is 5.91 Å². The van der Waals surface area contributed by atoms with Gasteiger partial charge < -0.3 is 10.1 Å². The fourth-order valence-electron chi connectivity index (χ4n) is 4.66. The van der Waals surface area contributed by atoms with Gasteiger partial charge in [-0.3, -0.25) is 9.10 Å². The Balaban J connectivity index is 1.66. The second-order valence-electron chi connectivity index (χ2n) is 8.97. The minimum atomic E-state index is -3.96. The standard InChI is InChI=1S/C28H32N2O4S/c1-4-28(5-2)19-24(23-16-10-12-18-26(23)34-28)29-27(31)20-30(25-17-11-9-13-21(25)3)35(32,33)22-14-7-6-8-15-22/h6-18,24H,4-5,19-20H2,1-3H3,(H,29,31)/t24-/m1/s1. The molecule has 1 heterocycles. The number of ether oxygens (including phenoxy) is 1. The van der Waals surface area contributed by atoms with Gasteiger partial charge in [0, 0.05) is 12.0 Å². The quantitative estimate of drug-likeness (QED) is 0.458. The summed E-state index contributed by atoms with van der Waals surface area (Å²) in [6.07, 6.45) is 2.24. The first-order valence-corrected chi connectivity index (χ1v) is 13.4. The Hall–Kier alpha value is -3.32. The van der Waals surface area contributed by atoms with Crippen molar-refractivity contribution in [2.75, 3.05) is 10.8 Å². The van der Waals surface area contributed by atoms with E-state index in [4.69, 9.17) is 4.74 Å². The van der Waals surface area contributed by atoms with Gasteiger partial charge in [0.05, 0.1) is 16.6 Å². The number of amides is 1. The lowest BCUT2D eigenvalue weighted by Gasteiger charge is -2.41. The van der Waals surface area contributed by atoms with Gasteiger partial charge in [-0.25, -0.2) is 8.42 Å². The van der Waals surface area contributed by atoms with Crippen LogP contribution in [0.25, 0.3) is 0 Å². The first-order valence-electron chi connectivity index (χ1n) is 12.0. The minimum Gasteiger partial charge on any atom is -0.487 e. The van der Waals surface area contributed by atoms with Crippen LogP contribution in [0.4, 0.5) is 5.69 Å². The summed E-state index contributed by atoms with van der Waals surface area (Å²) in [5.74, 6) is 0.399. The highest BCUT2D eigenvalue weighted by Crippen LogP contribution is 2.42. The molecule has 1 N–H and O–H groups in total. The predicted octanol–water partition coefficient (Wildman–Crippen LogP) is 5.39. The number of para-hydroxylation sites is 2. The molecule has 0 aliphatic carbocycles. The van der Waals surface area contributed by atoms with Crippen LogP contribution < -0.4 is 14.4 Å². The van der Waals surface area contributed by atoms with Crippen molar-refractivity contribution in [3.63, 3.8) is 0 Å². The fraction of sp³-hybridized carbons (Fsp3) is 0.321. The Bertz CT molecular complexity index is 1290. The molecule has 0 saturated heterocycles. The highest BCUT2D eigenvalue weighted by atomic mass is 32.2. The van der Waals surface area contributed by atoms with E-state index in [1.54, 1.807) is 42.5 Å². The molecule has 35 heavy (non-hydrogen) atoms. The third kappa shape index (κ3) is 5.05. The van der Waals surface area contributed by atoms with Gasteiger partial charge in [-0.1, -0.05) is 68.4 Å². The van der Waals surface area contributed by atoms with E-state index >= 15 is 0 Å². The van der Waals surface area contributed by atoms with Gasteiger partial charge >= 0.3 is 0 Å². The SMILES string of the molecule is CCC1(CC)C[C@@H](NC(=O)CN(c2ccccc2C)S(=O)(=O)c2ccccc2)c2ccccc2O1. The van der Waals surface area contributed by atoms with Crippen molar-refractivity contribution >= 4 is 21.6 Å². The molecule has 6 nitrogen and oxygen atoms in total. The van der Waals surface area contributed by atoms with E-state index in [1.165, 1.54) is 4.31 Å². The van der Waals surface area contributed by atoms with E-state index in [2.05, 4.69) is 19.2 Å². The van der Waals surface area contributed by atoms with E-state index in [1.807, 2.05) is 43.3 Å². The molecular weight excluding hydrogens is 460 g/mol. The monoisotopic (exact) mass is 492 g/mol. The van der Waals surface area contributed by atoms with Crippen LogP contribution in [0.15, 0.2) is 83.8 Å². The normalized spacial score (nSPS) is 16.6. The zero-order chi connectivity index (χ0) is 25.1. The maximum atomic E-state index is 13.6. The summed E-state index contributed by atoms with van der Waals surface area (Å²) in [5, 5.41) is 3.12. The molecule has 1 aliphatic rings. The van der Waals surface area contributed by atoms with E-state index in [0.29, 0.717) is 12.1 Å². The van der Waals surface area contributed by atoms with E-state index in [-0.39, 0.29) is 29.0 Å². The summed E-state index contributed by atoms with van der Waals surface area (Å²) in [4.78, 5) is 13.6. The number of anilines is 1. The van der Waals surface area contributed by atoms with Crippen molar-refractivity contribution in [3.8, 4) is 5.75 Å². The van der Waals surface area contributed by atoms with Crippen LogP contribution in [0.2, 0.25) is 0 Å². The topological polar surface area (TPSA) is 75.7 Å². The molecule has 1 aliphatic heterocycles. The molecule has 0 radical (unpaired) electrons. The summed E-state index contributed by atoms with van der Waals surface area (Å²) < 4.78 is 34.8. The van der Waals surface area contributed by atoms with Crippen molar-refractivity contribution in [1.82, 2.24) is 5.32 Å². The van der Waals surface area contributed by atoms with Crippen molar-refractivity contribution in [3.05, 3.63) is 90.0 Å². The third-order valence-electron chi connectivity index (χ3n) is 6.82. The number of rotatable bonds is 8. The Morgan fingerprint density at radius 1 is 0.971 bits per heavy atom. The van der Waals surface area contributed by atoms with Crippen LogP contribution in [-0.2, 0) is 14.8 Å². The lowest BCUT2D eigenvalue weighted by molar-refractivity contribution is -0.121. The third-order valence-corrected chi connectivity index (χ3v) is 8.60. The number of fused-ring (bicyclic) bond motifs is 1. The smallest absolute Gasteiger partial charge is 0.264 e. The number of carbonyl (C=O) groups is 1. The van der Waals surface area contributed by atoms with Crippen molar-refractivity contribution < 1.29 is 17.9 Å². The van der Waals surface area contributed by atoms with Crippen molar-refractivity contribution in [2.45, 2.75) is 56.6 Å². The number of nitrogens with zero attached hydrogens (tertiary/aromatic N) is 1. The number of aryl methyl sites for hydroxylation is 1. The average Bonchev–Trinajstić information content (AvgIpc) is 2.88. The van der Waals surface area contributed by atoms with Crippen molar-refractivity contribution in [2.24, 2.45) is 0 Å². The van der Waals surface area contributed by atoms with Crippen LogP contribution in [0.3, 0.4) is 0 Å². The number of nitrogens with one attached hydrogen (secondary N) is 1. The Morgan fingerprint density at radius 3 is 2.29 bits per heavy atom. The highest BCUT2D eigenvalue weighted by molar-refractivity contribution is 7.92.